The van der Waals surface area contributed by atoms with Gasteiger partial charge in [-0.15, -0.1) is 0 Å². The fraction of sp³-hybridized carbons (Fsp3) is 0.423. The number of carbonyl (C=O) groups is 3. The summed E-state index contributed by atoms with van der Waals surface area (Å²) >= 11 is 0. The van der Waals surface area contributed by atoms with Crippen LogP contribution in [0, 0.1) is 5.92 Å². The van der Waals surface area contributed by atoms with Gasteiger partial charge in [0.1, 0.15) is 13.2 Å². The molecule has 0 aliphatic heterocycles. The van der Waals surface area contributed by atoms with Gasteiger partial charge in [-0.2, -0.15) is 0 Å². The second kappa shape index (κ2) is 10.1. The number of amides is 2. The Morgan fingerprint density at radius 3 is 2.06 bits per heavy atom. The second-order valence-electron chi connectivity index (χ2n) is 9.30. The highest BCUT2D eigenvalue weighted by Gasteiger charge is 2.33. The molecule has 0 bridgehead atoms. The zero-order valence-corrected chi connectivity index (χ0v) is 19.6. The Labute approximate surface area is 194 Å². The van der Waals surface area contributed by atoms with Crippen LogP contribution in [0.2, 0.25) is 0 Å². The van der Waals surface area contributed by atoms with Gasteiger partial charge in [0.15, 0.2) is 0 Å². The molecule has 0 heterocycles. The van der Waals surface area contributed by atoms with Crippen molar-refractivity contribution in [1.29, 1.82) is 0 Å². The minimum atomic E-state index is -1.07. The number of nitrogens with one attached hydrogen (secondary N) is 1. The van der Waals surface area contributed by atoms with Crippen molar-refractivity contribution in [2.24, 2.45) is 5.92 Å². The van der Waals surface area contributed by atoms with Crippen LogP contribution < -0.4 is 5.32 Å². The number of hydrogen-bond acceptors (Lipinski definition) is 4. The van der Waals surface area contributed by atoms with Crippen LogP contribution >= 0.6 is 0 Å². The van der Waals surface area contributed by atoms with Crippen LogP contribution in [-0.4, -0.2) is 53.2 Å². The van der Waals surface area contributed by atoms with E-state index < -0.39 is 23.5 Å². The lowest BCUT2D eigenvalue weighted by Gasteiger charge is -2.36. The lowest BCUT2D eigenvalue weighted by Crippen LogP contribution is -2.52. The highest BCUT2D eigenvalue weighted by atomic mass is 16.5. The molecule has 7 heteroatoms. The Kier molecular flexibility index (Phi) is 7.41. The minimum Gasteiger partial charge on any atom is -0.480 e. The molecule has 1 aliphatic rings. The maximum absolute atomic E-state index is 13.0. The lowest BCUT2D eigenvalue weighted by atomic mass is 9.98. The highest BCUT2D eigenvalue weighted by Crippen LogP contribution is 2.44. The first-order valence-electron chi connectivity index (χ1n) is 11.3. The monoisotopic (exact) mass is 452 g/mol. The van der Waals surface area contributed by atoms with Crippen LogP contribution in [0.4, 0.5) is 4.79 Å². The number of rotatable bonds is 8. The molecule has 1 atom stereocenters. The molecule has 2 aromatic rings. The molecule has 2 aromatic carbocycles. The fourth-order valence-corrected chi connectivity index (χ4v) is 4.26. The summed E-state index contributed by atoms with van der Waals surface area (Å²) in [5.74, 6) is -1.95. The number of benzene rings is 2. The number of hydrogen-bond donors (Lipinski definition) is 2. The summed E-state index contributed by atoms with van der Waals surface area (Å²) in [7, 11) is 0. The second-order valence-corrected chi connectivity index (χ2v) is 9.30. The van der Waals surface area contributed by atoms with Crippen LogP contribution in [0.15, 0.2) is 48.5 Å². The summed E-state index contributed by atoms with van der Waals surface area (Å²) in [6, 6.07) is 16.2. The lowest BCUT2D eigenvalue weighted by molar-refractivity contribution is -0.150. The highest BCUT2D eigenvalue weighted by molar-refractivity contribution is 5.84. The van der Waals surface area contributed by atoms with E-state index in [1.807, 2.05) is 31.2 Å². The number of carbonyl (C=O) groups excluding carboxylic acids is 2. The van der Waals surface area contributed by atoms with Crippen LogP contribution in [0.25, 0.3) is 11.1 Å². The Morgan fingerprint density at radius 2 is 1.58 bits per heavy atom. The third kappa shape index (κ3) is 5.53. The zero-order chi connectivity index (χ0) is 24.2. The molecule has 0 fully saturated rings. The van der Waals surface area contributed by atoms with Crippen molar-refractivity contribution >= 4 is 18.0 Å². The van der Waals surface area contributed by atoms with Crippen LogP contribution in [0.5, 0.6) is 0 Å². The van der Waals surface area contributed by atoms with Crippen LogP contribution in [0.1, 0.15) is 51.2 Å². The molecule has 33 heavy (non-hydrogen) atoms. The van der Waals surface area contributed by atoms with Gasteiger partial charge in [-0.05, 0) is 49.4 Å². The molecule has 0 aromatic heterocycles. The molecule has 1 aliphatic carbocycles. The first kappa shape index (κ1) is 24.3. The third-order valence-electron chi connectivity index (χ3n) is 6.05. The predicted molar refractivity (Wildman–Crippen MR) is 126 cm³/mol. The molecule has 1 unspecified atom stereocenters. The van der Waals surface area contributed by atoms with Gasteiger partial charge in [-0.1, -0.05) is 55.5 Å². The van der Waals surface area contributed by atoms with Gasteiger partial charge in [0, 0.05) is 18.0 Å². The Hall–Kier alpha value is -3.35. The van der Waals surface area contributed by atoms with Gasteiger partial charge in [0.25, 0.3) is 0 Å². The number of aliphatic carboxylic acids is 1. The van der Waals surface area contributed by atoms with Crippen molar-refractivity contribution in [3.8, 4) is 11.1 Å². The van der Waals surface area contributed by atoms with Gasteiger partial charge in [-0.25, -0.2) is 4.79 Å². The van der Waals surface area contributed by atoms with Crippen molar-refractivity contribution in [3.05, 3.63) is 59.7 Å². The van der Waals surface area contributed by atoms with E-state index >= 15 is 0 Å². The summed E-state index contributed by atoms with van der Waals surface area (Å²) in [5, 5.41) is 11.9. The van der Waals surface area contributed by atoms with E-state index in [0.717, 1.165) is 22.3 Å². The summed E-state index contributed by atoms with van der Waals surface area (Å²) in [4.78, 5) is 38.0. The van der Waals surface area contributed by atoms with Gasteiger partial charge >= 0.3 is 12.1 Å². The number of carboxylic acids is 1. The number of ether oxygens (including phenoxy) is 1. The van der Waals surface area contributed by atoms with E-state index in [4.69, 9.17) is 4.74 Å². The number of alkyl carbamates (subject to hydrolysis) is 1. The van der Waals surface area contributed by atoms with Crippen LogP contribution in [-0.2, 0) is 14.3 Å². The van der Waals surface area contributed by atoms with Gasteiger partial charge in [-0.3, -0.25) is 9.59 Å². The maximum atomic E-state index is 13.0. The van der Waals surface area contributed by atoms with E-state index in [2.05, 4.69) is 29.6 Å². The average molecular weight is 453 g/mol. The molecule has 0 spiro atoms. The third-order valence-corrected chi connectivity index (χ3v) is 6.05. The first-order chi connectivity index (χ1) is 15.6. The van der Waals surface area contributed by atoms with Crippen molar-refractivity contribution in [1.82, 2.24) is 10.2 Å². The largest absolute Gasteiger partial charge is 0.480 e. The molecule has 176 valence electrons. The smallest absolute Gasteiger partial charge is 0.407 e. The molecule has 2 amide bonds. The number of nitrogens with zero attached hydrogens (tertiary/aromatic N) is 1. The van der Waals surface area contributed by atoms with Crippen molar-refractivity contribution < 1.29 is 24.2 Å². The Morgan fingerprint density at radius 1 is 1.03 bits per heavy atom. The number of carboxylic acid groups (broad SMARTS) is 1. The van der Waals surface area contributed by atoms with E-state index in [-0.39, 0.29) is 31.5 Å². The average Bonchev–Trinajstić information content (AvgIpc) is 3.09. The molecule has 2 N–H and O–H groups in total. The van der Waals surface area contributed by atoms with Gasteiger partial charge in [0.05, 0.1) is 5.92 Å². The fourth-order valence-electron chi connectivity index (χ4n) is 4.26. The Balaban J connectivity index is 1.61. The molecule has 3 rings (SSSR count). The van der Waals surface area contributed by atoms with Gasteiger partial charge < -0.3 is 20.1 Å². The summed E-state index contributed by atoms with van der Waals surface area (Å²) in [6.07, 6.45) is -0.127. The molecule has 0 saturated heterocycles. The molecule has 0 radical (unpaired) electrons. The van der Waals surface area contributed by atoms with E-state index in [1.54, 1.807) is 20.8 Å². The standard InChI is InChI=1S/C26H32N2O5/c1-5-17(24(31)28(15-23(29)30)26(2,3)4)14-27-25(32)33-16-22-20-12-8-6-10-18(20)19-11-7-9-13-21(19)22/h6-13,17,22H,5,14-16H2,1-4H3,(H,27,32)(H,29,30). The molecular formula is C26H32N2O5. The number of fused-ring (bicyclic) bond motifs is 3. The topological polar surface area (TPSA) is 95.9 Å². The van der Waals surface area contributed by atoms with E-state index in [9.17, 15) is 19.5 Å². The van der Waals surface area contributed by atoms with Gasteiger partial charge in [0.2, 0.25) is 5.91 Å². The van der Waals surface area contributed by atoms with Crippen molar-refractivity contribution in [2.45, 2.75) is 45.6 Å². The first-order valence-corrected chi connectivity index (χ1v) is 11.3. The maximum Gasteiger partial charge on any atom is 0.407 e. The summed E-state index contributed by atoms with van der Waals surface area (Å²) < 4.78 is 5.54. The normalized spacial score (nSPS) is 13.6. The molecular weight excluding hydrogens is 420 g/mol. The van der Waals surface area contributed by atoms with Crippen molar-refractivity contribution in [2.75, 3.05) is 19.7 Å². The van der Waals surface area contributed by atoms with Crippen LogP contribution in [0.3, 0.4) is 0 Å². The van der Waals surface area contributed by atoms with E-state index in [0.29, 0.717) is 6.42 Å². The predicted octanol–water partition coefficient (Wildman–Crippen LogP) is 4.26. The zero-order valence-electron chi connectivity index (χ0n) is 19.6. The van der Waals surface area contributed by atoms with E-state index in [1.165, 1.54) is 4.90 Å². The molecule has 7 nitrogen and oxygen atoms in total. The SMILES string of the molecule is CCC(CNC(=O)OCC1c2ccccc2-c2ccccc21)C(=O)N(CC(=O)O)C(C)(C)C. The minimum absolute atomic E-state index is 0.0429. The molecule has 0 saturated carbocycles. The van der Waals surface area contributed by atoms with Crippen molar-refractivity contribution in [3.63, 3.8) is 0 Å². The Bertz CT molecular complexity index is 982. The summed E-state index contributed by atoms with van der Waals surface area (Å²) in [5.41, 5.74) is 3.91. The summed E-state index contributed by atoms with van der Waals surface area (Å²) in [6.45, 7) is 7.10. The quantitative estimate of drug-likeness (QED) is 0.624.